The van der Waals surface area contributed by atoms with Gasteiger partial charge in [-0.3, -0.25) is 9.88 Å². The number of aromatic nitrogens is 3. The van der Waals surface area contributed by atoms with E-state index in [1.54, 1.807) is 11.0 Å². The first kappa shape index (κ1) is 16.6. The minimum absolute atomic E-state index is 0.257. The molecule has 1 aliphatic heterocycles. The highest BCUT2D eigenvalue weighted by molar-refractivity contribution is 5.40. The molecule has 0 amide bonds. The summed E-state index contributed by atoms with van der Waals surface area (Å²) >= 11 is 0. The second kappa shape index (κ2) is 6.68. The van der Waals surface area contributed by atoms with Crippen LogP contribution in [0.5, 0.6) is 0 Å². The molecule has 2 aromatic heterocycles. The van der Waals surface area contributed by atoms with Crippen molar-refractivity contribution in [3.63, 3.8) is 0 Å². The van der Waals surface area contributed by atoms with Crippen LogP contribution in [0.1, 0.15) is 11.3 Å². The van der Waals surface area contributed by atoms with Crippen LogP contribution in [-0.2, 0) is 12.7 Å². The minimum atomic E-state index is -4.49. The van der Waals surface area contributed by atoms with Crippen molar-refractivity contribution in [2.45, 2.75) is 12.7 Å². The third-order valence-electron chi connectivity index (χ3n) is 3.89. The van der Waals surface area contributed by atoms with Crippen LogP contribution in [-0.4, -0.2) is 46.0 Å². The quantitative estimate of drug-likeness (QED) is 0.802. The SMILES string of the molecule is Fc1cnccc1CN1CCN(c2cc(C(F)(F)F)ncn2)CC1. The summed E-state index contributed by atoms with van der Waals surface area (Å²) in [6, 6.07) is 2.58. The van der Waals surface area contributed by atoms with E-state index in [9.17, 15) is 17.6 Å². The van der Waals surface area contributed by atoms with Crippen LogP contribution in [0.3, 0.4) is 0 Å². The fraction of sp³-hybridized carbons (Fsp3) is 0.400. The highest BCUT2D eigenvalue weighted by Crippen LogP contribution is 2.29. The van der Waals surface area contributed by atoms with Gasteiger partial charge in [0, 0.05) is 50.6 Å². The van der Waals surface area contributed by atoms with Crippen LogP contribution in [0.4, 0.5) is 23.4 Å². The first-order valence-corrected chi connectivity index (χ1v) is 7.38. The Morgan fingerprint density at radius 2 is 1.83 bits per heavy atom. The lowest BCUT2D eigenvalue weighted by molar-refractivity contribution is -0.141. The average molecular weight is 341 g/mol. The summed E-state index contributed by atoms with van der Waals surface area (Å²) in [5, 5.41) is 0. The monoisotopic (exact) mass is 341 g/mol. The molecule has 0 N–H and O–H groups in total. The van der Waals surface area contributed by atoms with Crippen molar-refractivity contribution in [2.24, 2.45) is 0 Å². The Bertz CT molecular complexity index is 698. The zero-order valence-electron chi connectivity index (χ0n) is 12.7. The van der Waals surface area contributed by atoms with E-state index in [4.69, 9.17) is 0 Å². The molecule has 0 aliphatic carbocycles. The van der Waals surface area contributed by atoms with Gasteiger partial charge in [-0.25, -0.2) is 14.4 Å². The molecule has 9 heteroatoms. The van der Waals surface area contributed by atoms with E-state index in [0.29, 0.717) is 38.3 Å². The predicted octanol–water partition coefficient (Wildman–Crippen LogP) is 2.35. The van der Waals surface area contributed by atoms with Gasteiger partial charge in [-0.05, 0) is 6.07 Å². The van der Waals surface area contributed by atoms with Crippen LogP contribution in [0.2, 0.25) is 0 Å². The molecular formula is C15H15F4N5. The number of piperazine rings is 1. The van der Waals surface area contributed by atoms with Gasteiger partial charge in [-0.2, -0.15) is 13.2 Å². The molecule has 128 valence electrons. The van der Waals surface area contributed by atoms with Crippen LogP contribution in [0.25, 0.3) is 0 Å². The second-order valence-electron chi connectivity index (χ2n) is 5.49. The standard InChI is InChI=1S/C15H15F4N5/c16-12-8-20-2-1-11(12)9-23-3-5-24(6-4-23)14-7-13(15(17,18)19)21-10-22-14/h1-2,7-8,10H,3-6,9H2. The van der Waals surface area contributed by atoms with E-state index in [1.165, 1.54) is 12.4 Å². The van der Waals surface area contributed by atoms with Gasteiger partial charge in [0.2, 0.25) is 0 Å². The lowest BCUT2D eigenvalue weighted by atomic mass is 10.2. The summed E-state index contributed by atoms with van der Waals surface area (Å²) in [6.07, 6.45) is -0.853. The van der Waals surface area contributed by atoms with Gasteiger partial charge in [0.05, 0.1) is 6.20 Å². The van der Waals surface area contributed by atoms with E-state index >= 15 is 0 Å². The molecule has 3 rings (SSSR count). The summed E-state index contributed by atoms with van der Waals surface area (Å²) in [5.41, 5.74) is -0.395. The molecule has 0 radical (unpaired) electrons. The number of hydrogen-bond donors (Lipinski definition) is 0. The topological polar surface area (TPSA) is 45.2 Å². The van der Waals surface area contributed by atoms with E-state index in [1.807, 2.05) is 4.90 Å². The molecule has 0 atom stereocenters. The van der Waals surface area contributed by atoms with Gasteiger partial charge in [0.15, 0.2) is 0 Å². The van der Waals surface area contributed by atoms with Crippen LogP contribution < -0.4 is 4.90 Å². The molecule has 0 spiro atoms. The number of hydrogen-bond acceptors (Lipinski definition) is 5. The summed E-state index contributed by atoms with van der Waals surface area (Å²) in [6.45, 7) is 2.68. The minimum Gasteiger partial charge on any atom is -0.354 e. The normalized spacial score (nSPS) is 16.4. The van der Waals surface area contributed by atoms with E-state index in [-0.39, 0.29) is 11.6 Å². The molecule has 2 aromatic rings. The lowest BCUT2D eigenvalue weighted by Gasteiger charge is -2.35. The Morgan fingerprint density at radius 1 is 1.08 bits per heavy atom. The fourth-order valence-corrected chi connectivity index (χ4v) is 2.58. The maximum Gasteiger partial charge on any atom is 0.433 e. The van der Waals surface area contributed by atoms with Gasteiger partial charge >= 0.3 is 6.18 Å². The Labute approximate surface area is 136 Å². The Kier molecular flexibility index (Phi) is 4.61. The molecule has 3 heterocycles. The summed E-state index contributed by atoms with van der Waals surface area (Å²) in [5.74, 6) is -0.0994. The molecule has 1 aliphatic rings. The largest absolute Gasteiger partial charge is 0.433 e. The zero-order chi connectivity index (χ0) is 17.2. The van der Waals surface area contributed by atoms with Crippen molar-refractivity contribution in [1.29, 1.82) is 0 Å². The average Bonchev–Trinajstić information content (AvgIpc) is 2.57. The summed E-state index contributed by atoms with van der Waals surface area (Å²) < 4.78 is 51.8. The van der Waals surface area contributed by atoms with Crippen molar-refractivity contribution in [1.82, 2.24) is 19.9 Å². The van der Waals surface area contributed by atoms with Gasteiger partial charge in [0.25, 0.3) is 0 Å². The molecule has 0 unspecified atom stereocenters. The number of nitrogens with zero attached hydrogens (tertiary/aromatic N) is 5. The molecule has 1 fully saturated rings. The van der Waals surface area contributed by atoms with Crippen molar-refractivity contribution < 1.29 is 17.6 Å². The number of anilines is 1. The lowest BCUT2D eigenvalue weighted by Crippen LogP contribution is -2.46. The van der Waals surface area contributed by atoms with Gasteiger partial charge in [0.1, 0.15) is 23.7 Å². The first-order valence-electron chi connectivity index (χ1n) is 7.38. The van der Waals surface area contributed by atoms with Gasteiger partial charge < -0.3 is 4.90 Å². The fourth-order valence-electron chi connectivity index (χ4n) is 2.58. The highest BCUT2D eigenvalue weighted by atomic mass is 19.4. The van der Waals surface area contributed by atoms with Crippen LogP contribution in [0, 0.1) is 5.82 Å². The number of rotatable bonds is 3. The van der Waals surface area contributed by atoms with Crippen molar-refractivity contribution >= 4 is 5.82 Å². The smallest absolute Gasteiger partial charge is 0.354 e. The van der Waals surface area contributed by atoms with Crippen molar-refractivity contribution in [2.75, 3.05) is 31.1 Å². The van der Waals surface area contributed by atoms with Gasteiger partial charge in [-0.1, -0.05) is 0 Å². The number of pyridine rings is 1. The predicted molar refractivity (Wildman–Crippen MR) is 78.7 cm³/mol. The summed E-state index contributed by atoms with van der Waals surface area (Å²) in [4.78, 5) is 14.7. The molecule has 0 aromatic carbocycles. The van der Waals surface area contributed by atoms with E-state index in [2.05, 4.69) is 15.0 Å². The summed E-state index contributed by atoms with van der Waals surface area (Å²) in [7, 11) is 0. The molecule has 24 heavy (non-hydrogen) atoms. The zero-order valence-corrected chi connectivity index (χ0v) is 12.7. The molecule has 5 nitrogen and oxygen atoms in total. The molecule has 0 saturated carbocycles. The first-order chi connectivity index (χ1) is 11.4. The maximum absolute atomic E-state index is 13.6. The molecular weight excluding hydrogens is 326 g/mol. The maximum atomic E-state index is 13.6. The Hall–Kier alpha value is -2.29. The molecule has 1 saturated heterocycles. The van der Waals surface area contributed by atoms with Crippen molar-refractivity contribution in [3.8, 4) is 0 Å². The molecule has 0 bridgehead atoms. The Balaban J connectivity index is 1.62. The number of alkyl halides is 3. The Morgan fingerprint density at radius 3 is 2.50 bits per heavy atom. The second-order valence-corrected chi connectivity index (χ2v) is 5.49. The van der Waals surface area contributed by atoms with Gasteiger partial charge in [-0.15, -0.1) is 0 Å². The highest BCUT2D eigenvalue weighted by Gasteiger charge is 2.33. The number of halogens is 4. The third-order valence-corrected chi connectivity index (χ3v) is 3.89. The van der Waals surface area contributed by atoms with E-state index < -0.39 is 11.9 Å². The van der Waals surface area contributed by atoms with Crippen LogP contribution in [0.15, 0.2) is 30.9 Å². The van der Waals surface area contributed by atoms with E-state index in [0.717, 1.165) is 12.4 Å². The van der Waals surface area contributed by atoms with Crippen LogP contribution >= 0.6 is 0 Å². The van der Waals surface area contributed by atoms with Crippen molar-refractivity contribution in [3.05, 3.63) is 47.9 Å². The third kappa shape index (κ3) is 3.78.